The van der Waals surface area contributed by atoms with Gasteiger partial charge in [-0.15, -0.1) is 0 Å². The van der Waals surface area contributed by atoms with Crippen LogP contribution in [0.4, 0.5) is 0 Å². The Hall–Kier alpha value is -3.58. The van der Waals surface area contributed by atoms with Crippen molar-refractivity contribution < 1.29 is 19.0 Å². The van der Waals surface area contributed by atoms with E-state index in [-0.39, 0.29) is 17.8 Å². The summed E-state index contributed by atoms with van der Waals surface area (Å²) in [5, 5.41) is 15.0. The molecule has 2 heterocycles. The molecule has 0 saturated carbocycles. The zero-order chi connectivity index (χ0) is 22.0. The van der Waals surface area contributed by atoms with Crippen LogP contribution in [0, 0.1) is 20.8 Å². The lowest BCUT2D eigenvalue weighted by molar-refractivity contribution is 0.0887. The highest BCUT2D eigenvalue weighted by Crippen LogP contribution is 2.24. The van der Waals surface area contributed by atoms with Gasteiger partial charge in [0, 0.05) is 11.8 Å². The molecule has 7 nitrogen and oxygen atoms in total. The summed E-state index contributed by atoms with van der Waals surface area (Å²) < 4.78 is 18.7. The molecular weight excluding hydrogens is 396 g/mol. The maximum Gasteiger partial charge on any atom is 0.235 e. The summed E-state index contributed by atoms with van der Waals surface area (Å²) in [7, 11) is 0. The number of benzene rings is 2. The van der Waals surface area contributed by atoms with E-state index in [2.05, 4.69) is 5.10 Å². The third-order valence-corrected chi connectivity index (χ3v) is 4.86. The molecule has 0 fully saturated rings. The zero-order valence-corrected chi connectivity index (χ0v) is 17.7. The van der Waals surface area contributed by atoms with Crippen LogP contribution in [0.5, 0.6) is 17.2 Å². The van der Waals surface area contributed by atoms with Crippen LogP contribution in [0.2, 0.25) is 0 Å². The Morgan fingerprint density at radius 1 is 1.10 bits per heavy atom. The van der Waals surface area contributed by atoms with E-state index >= 15 is 0 Å². The molecule has 2 aromatic carbocycles. The van der Waals surface area contributed by atoms with Crippen molar-refractivity contribution in [1.82, 2.24) is 9.78 Å². The van der Waals surface area contributed by atoms with Gasteiger partial charge in [0.2, 0.25) is 11.2 Å². The third kappa shape index (κ3) is 4.78. The Bertz CT molecular complexity index is 1270. The van der Waals surface area contributed by atoms with Crippen LogP contribution >= 0.6 is 0 Å². The van der Waals surface area contributed by atoms with Gasteiger partial charge in [-0.2, -0.15) is 5.10 Å². The topological polar surface area (TPSA) is 86.7 Å². The largest absolute Gasteiger partial charge is 0.491 e. The number of hydrogen-bond acceptors (Lipinski definition) is 6. The number of aryl methyl sites for hydroxylation is 3. The number of ether oxygens (including phenoxy) is 2. The van der Waals surface area contributed by atoms with E-state index in [1.165, 1.54) is 6.26 Å². The Kier molecular flexibility index (Phi) is 5.77. The Balaban J connectivity index is 1.45. The minimum Gasteiger partial charge on any atom is -0.491 e. The Morgan fingerprint density at radius 2 is 1.94 bits per heavy atom. The maximum absolute atomic E-state index is 12.8. The molecule has 31 heavy (non-hydrogen) atoms. The van der Waals surface area contributed by atoms with E-state index in [0.29, 0.717) is 29.0 Å². The lowest BCUT2D eigenvalue weighted by atomic mass is 10.2. The van der Waals surface area contributed by atoms with Crippen molar-refractivity contribution in [2.45, 2.75) is 33.4 Å². The molecule has 4 rings (SSSR count). The van der Waals surface area contributed by atoms with E-state index in [9.17, 15) is 9.90 Å². The van der Waals surface area contributed by atoms with Crippen LogP contribution in [0.15, 0.2) is 64.0 Å². The zero-order valence-electron chi connectivity index (χ0n) is 17.7. The molecule has 160 valence electrons. The fourth-order valence-electron chi connectivity index (χ4n) is 3.36. The number of aliphatic hydroxyl groups is 1. The molecule has 0 bridgehead atoms. The fourth-order valence-corrected chi connectivity index (χ4v) is 3.36. The number of aromatic nitrogens is 2. The molecule has 0 amide bonds. The molecule has 0 spiro atoms. The van der Waals surface area contributed by atoms with Gasteiger partial charge in [-0.1, -0.05) is 12.1 Å². The van der Waals surface area contributed by atoms with Crippen molar-refractivity contribution in [1.29, 1.82) is 0 Å². The third-order valence-electron chi connectivity index (χ3n) is 4.86. The average molecular weight is 420 g/mol. The van der Waals surface area contributed by atoms with Crippen molar-refractivity contribution in [3.8, 4) is 17.2 Å². The molecule has 1 atom stereocenters. The van der Waals surface area contributed by atoms with Gasteiger partial charge in [-0.25, -0.2) is 0 Å². The average Bonchev–Trinajstić information content (AvgIpc) is 3.05. The summed E-state index contributed by atoms with van der Waals surface area (Å²) in [6.45, 7) is 6.22. The van der Waals surface area contributed by atoms with E-state index in [0.717, 1.165) is 17.0 Å². The van der Waals surface area contributed by atoms with Gasteiger partial charge in [0.15, 0.2) is 0 Å². The highest BCUT2D eigenvalue weighted by Gasteiger charge is 2.13. The first-order valence-electron chi connectivity index (χ1n) is 10.0. The summed E-state index contributed by atoms with van der Waals surface area (Å²) in [4.78, 5) is 12.8. The molecule has 2 aromatic heterocycles. The van der Waals surface area contributed by atoms with Gasteiger partial charge < -0.3 is 19.0 Å². The van der Waals surface area contributed by atoms with Crippen molar-refractivity contribution >= 4 is 11.0 Å². The molecule has 0 unspecified atom stereocenters. The second-order valence-electron chi connectivity index (χ2n) is 7.58. The number of hydrogen-bond donors (Lipinski definition) is 1. The smallest absolute Gasteiger partial charge is 0.235 e. The predicted octanol–water partition coefficient (Wildman–Crippen LogP) is 4.15. The van der Waals surface area contributed by atoms with Gasteiger partial charge in [-0.05, 0) is 56.7 Å². The number of nitrogens with zero attached hydrogens (tertiary/aromatic N) is 2. The predicted molar refractivity (Wildman–Crippen MR) is 117 cm³/mol. The standard InChI is InChI=1S/C24H24N2O5/c1-15-5-4-6-20(9-15)31-23-14-30-22-11-19(7-8-21(22)24(23)28)29-13-18(27)12-26-17(3)10-16(2)25-26/h4-11,14,18,27H,12-13H2,1-3H3/t18-/m0/s1. The summed E-state index contributed by atoms with van der Waals surface area (Å²) in [6, 6.07) is 14.3. The fraction of sp³-hybridized carbons (Fsp3) is 0.250. The second kappa shape index (κ2) is 8.65. The van der Waals surface area contributed by atoms with Crippen LogP contribution in [0.25, 0.3) is 11.0 Å². The lowest BCUT2D eigenvalue weighted by Crippen LogP contribution is -2.24. The van der Waals surface area contributed by atoms with Crippen LogP contribution in [0.1, 0.15) is 17.0 Å². The van der Waals surface area contributed by atoms with Crippen LogP contribution in [0.3, 0.4) is 0 Å². The molecule has 0 aliphatic rings. The van der Waals surface area contributed by atoms with Gasteiger partial charge in [0.05, 0.1) is 17.6 Å². The normalized spacial score (nSPS) is 12.1. The van der Waals surface area contributed by atoms with Crippen molar-refractivity contribution in [3.05, 3.63) is 82.0 Å². The molecule has 0 radical (unpaired) electrons. The van der Waals surface area contributed by atoms with Gasteiger partial charge >= 0.3 is 0 Å². The molecule has 7 heteroatoms. The van der Waals surface area contributed by atoms with E-state index in [1.54, 1.807) is 28.9 Å². The van der Waals surface area contributed by atoms with E-state index in [1.807, 2.05) is 45.0 Å². The maximum atomic E-state index is 12.8. The van der Waals surface area contributed by atoms with Crippen LogP contribution in [-0.4, -0.2) is 27.6 Å². The Morgan fingerprint density at radius 3 is 2.68 bits per heavy atom. The van der Waals surface area contributed by atoms with Crippen molar-refractivity contribution in [2.75, 3.05) is 6.61 Å². The minimum absolute atomic E-state index is 0.0860. The quantitative estimate of drug-likeness (QED) is 0.483. The molecule has 0 aliphatic carbocycles. The van der Waals surface area contributed by atoms with Crippen molar-refractivity contribution in [2.24, 2.45) is 0 Å². The van der Waals surface area contributed by atoms with Gasteiger partial charge in [0.25, 0.3) is 0 Å². The minimum atomic E-state index is -0.731. The number of aliphatic hydroxyl groups excluding tert-OH is 1. The first kappa shape index (κ1) is 20.7. The summed E-state index contributed by atoms with van der Waals surface area (Å²) in [6.07, 6.45) is 0.569. The highest BCUT2D eigenvalue weighted by atomic mass is 16.5. The lowest BCUT2D eigenvalue weighted by Gasteiger charge is -2.14. The first-order valence-corrected chi connectivity index (χ1v) is 10.0. The molecule has 4 aromatic rings. The molecule has 0 aliphatic heterocycles. The SMILES string of the molecule is Cc1cccc(Oc2coc3cc(OC[C@@H](O)Cn4nc(C)cc4C)ccc3c2=O)c1. The van der Waals surface area contributed by atoms with Crippen LogP contribution < -0.4 is 14.9 Å². The number of rotatable bonds is 7. The summed E-state index contributed by atoms with van der Waals surface area (Å²) in [5.41, 5.74) is 3.03. The summed E-state index contributed by atoms with van der Waals surface area (Å²) in [5.74, 6) is 1.19. The number of fused-ring (bicyclic) bond motifs is 1. The molecule has 1 N–H and O–H groups in total. The monoisotopic (exact) mass is 420 g/mol. The second-order valence-corrected chi connectivity index (χ2v) is 7.58. The summed E-state index contributed by atoms with van der Waals surface area (Å²) >= 11 is 0. The van der Waals surface area contributed by atoms with E-state index < -0.39 is 6.10 Å². The van der Waals surface area contributed by atoms with Crippen molar-refractivity contribution in [3.63, 3.8) is 0 Å². The van der Waals surface area contributed by atoms with Gasteiger partial charge in [0.1, 0.15) is 36.1 Å². The molecule has 0 saturated heterocycles. The van der Waals surface area contributed by atoms with Gasteiger partial charge in [-0.3, -0.25) is 9.48 Å². The van der Waals surface area contributed by atoms with Crippen LogP contribution in [-0.2, 0) is 6.54 Å². The van der Waals surface area contributed by atoms with E-state index in [4.69, 9.17) is 13.9 Å². The molecular formula is C24H24N2O5. The Labute approximate surface area is 179 Å². The first-order chi connectivity index (χ1) is 14.9. The highest BCUT2D eigenvalue weighted by molar-refractivity contribution is 5.79.